The van der Waals surface area contributed by atoms with Gasteiger partial charge in [-0.1, -0.05) is 18.8 Å². The molecule has 2 fully saturated rings. The lowest BCUT2D eigenvalue weighted by Crippen LogP contribution is -2.08. The number of fused-ring (bicyclic) bond motifs is 2. The predicted molar refractivity (Wildman–Crippen MR) is 42.6 cm³/mol. The van der Waals surface area contributed by atoms with Gasteiger partial charge in [0.05, 0.1) is 0 Å². The van der Waals surface area contributed by atoms with Crippen molar-refractivity contribution < 1.29 is 0 Å². The minimum absolute atomic E-state index is 0.748. The molecule has 48 valence electrons. The molecule has 0 spiro atoms. The Hall–Kier alpha value is -0.170. The van der Waals surface area contributed by atoms with Crippen molar-refractivity contribution >= 4 is 17.1 Å². The fourth-order valence-electron chi connectivity index (χ4n) is 2.00. The van der Waals surface area contributed by atoms with Gasteiger partial charge in [0, 0.05) is 4.86 Å². The molecule has 0 nitrogen and oxygen atoms in total. The average Bonchev–Trinajstić information content (AvgIpc) is 2.37. The second kappa shape index (κ2) is 1.66. The van der Waals surface area contributed by atoms with Crippen LogP contribution in [0.1, 0.15) is 19.3 Å². The molecule has 0 radical (unpaired) electrons. The van der Waals surface area contributed by atoms with Crippen LogP contribution in [0.2, 0.25) is 0 Å². The third kappa shape index (κ3) is 0.613. The van der Waals surface area contributed by atoms with Crippen LogP contribution in [0.3, 0.4) is 0 Å². The minimum atomic E-state index is 0.748. The van der Waals surface area contributed by atoms with E-state index in [-0.39, 0.29) is 0 Å². The van der Waals surface area contributed by atoms with E-state index in [0.29, 0.717) is 0 Å². The molecule has 0 aromatic carbocycles. The number of hydrogen-bond donors (Lipinski definition) is 0. The number of thiocarbonyl (C=S) groups is 1. The molecule has 0 unspecified atom stereocenters. The van der Waals surface area contributed by atoms with Gasteiger partial charge in [-0.25, -0.2) is 0 Å². The van der Waals surface area contributed by atoms with Crippen LogP contribution < -0.4 is 0 Å². The molecule has 1 heteroatoms. The van der Waals surface area contributed by atoms with Crippen LogP contribution in [0.15, 0.2) is 12.2 Å². The quantitative estimate of drug-likeness (QED) is 0.366. The molecule has 0 aliphatic heterocycles. The van der Waals surface area contributed by atoms with Gasteiger partial charge in [0.15, 0.2) is 0 Å². The van der Waals surface area contributed by atoms with Crippen LogP contribution in [0, 0.1) is 11.8 Å². The molecule has 2 atom stereocenters. The van der Waals surface area contributed by atoms with Gasteiger partial charge in [-0.3, -0.25) is 0 Å². The molecule has 0 aromatic heterocycles. The second-order valence-corrected chi connectivity index (χ2v) is 3.54. The fourth-order valence-corrected chi connectivity index (χ4v) is 2.38. The lowest BCUT2D eigenvalue weighted by atomic mass is 9.96. The number of allylic oxidation sites excluding steroid dienone is 1. The Morgan fingerprint density at radius 2 is 2.00 bits per heavy atom. The summed E-state index contributed by atoms with van der Waals surface area (Å²) in [6, 6.07) is 0. The van der Waals surface area contributed by atoms with E-state index in [1.54, 1.807) is 0 Å². The van der Waals surface area contributed by atoms with Crippen molar-refractivity contribution in [2.45, 2.75) is 19.3 Å². The highest BCUT2D eigenvalue weighted by molar-refractivity contribution is 7.81. The summed E-state index contributed by atoms with van der Waals surface area (Å²) in [5.74, 6) is 1.53. The Morgan fingerprint density at radius 1 is 1.33 bits per heavy atom. The van der Waals surface area contributed by atoms with Crippen molar-refractivity contribution in [1.82, 2.24) is 0 Å². The minimum Gasteiger partial charge on any atom is -0.0944 e. The maximum atomic E-state index is 5.19. The van der Waals surface area contributed by atoms with Gasteiger partial charge in [0.1, 0.15) is 0 Å². The normalized spacial score (nSPS) is 40.4. The molecule has 0 heterocycles. The molecule has 2 aliphatic carbocycles. The maximum Gasteiger partial charge on any atom is 0.0212 e. The van der Waals surface area contributed by atoms with Gasteiger partial charge in [0.25, 0.3) is 0 Å². The highest BCUT2D eigenvalue weighted by atomic mass is 32.1. The molecule has 2 aliphatic rings. The Labute approximate surface area is 61.0 Å². The van der Waals surface area contributed by atoms with Crippen molar-refractivity contribution in [3.8, 4) is 0 Å². The average molecular weight is 138 g/mol. The molecule has 2 bridgehead atoms. The Kier molecular flexibility index (Phi) is 1.03. The zero-order valence-electron chi connectivity index (χ0n) is 5.39. The molecule has 0 aromatic rings. The SMILES string of the molecule is C=C1C(=S)[C@@H]2CC[C@H]1C2. The van der Waals surface area contributed by atoms with Crippen LogP contribution in [-0.4, -0.2) is 4.86 Å². The van der Waals surface area contributed by atoms with Gasteiger partial charge in [-0.15, -0.1) is 0 Å². The van der Waals surface area contributed by atoms with Gasteiger partial charge in [-0.2, -0.15) is 0 Å². The lowest BCUT2D eigenvalue weighted by Gasteiger charge is -2.11. The molecular weight excluding hydrogens is 128 g/mol. The molecular formula is C8H10S. The van der Waals surface area contributed by atoms with Crippen molar-refractivity contribution in [1.29, 1.82) is 0 Å². The van der Waals surface area contributed by atoms with Gasteiger partial charge in [-0.05, 0) is 36.7 Å². The van der Waals surface area contributed by atoms with Crippen LogP contribution in [0.5, 0.6) is 0 Å². The highest BCUT2D eigenvalue weighted by Crippen LogP contribution is 2.45. The topological polar surface area (TPSA) is 0 Å². The van der Waals surface area contributed by atoms with Crippen molar-refractivity contribution in [2.75, 3.05) is 0 Å². The van der Waals surface area contributed by atoms with Crippen molar-refractivity contribution in [3.05, 3.63) is 12.2 Å². The van der Waals surface area contributed by atoms with Crippen LogP contribution in [-0.2, 0) is 0 Å². The summed E-state index contributed by atoms with van der Waals surface area (Å²) in [5.41, 5.74) is 1.28. The summed E-state index contributed by atoms with van der Waals surface area (Å²) in [7, 11) is 0. The number of hydrogen-bond acceptors (Lipinski definition) is 1. The lowest BCUT2D eigenvalue weighted by molar-refractivity contribution is 0.683. The number of rotatable bonds is 0. The standard InChI is InChI=1S/C8H10S/c1-5-6-2-3-7(4-6)8(5)9/h6-7H,1-4H2/t6-,7+/m0/s1. The Bertz CT molecular complexity index is 161. The van der Waals surface area contributed by atoms with Crippen LogP contribution in [0.25, 0.3) is 0 Å². The van der Waals surface area contributed by atoms with E-state index in [1.807, 2.05) is 0 Å². The fraction of sp³-hybridized carbons (Fsp3) is 0.625. The highest BCUT2D eigenvalue weighted by Gasteiger charge is 2.38. The summed E-state index contributed by atoms with van der Waals surface area (Å²) >= 11 is 5.19. The summed E-state index contributed by atoms with van der Waals surface area (Å²) < 4.78 is 0. The van der Waals surface area contributed by atoms with Crippen molar-refractivity contribution in [3.63, 3.8) is 0 Å². The first-order valence-electron chi connectivity index (χ1n) is 3.52. The third-order valence-corrected chi connectivity index (χ3v) is 3.21. The molecule has 0 N–H and O–H groups in total. The smallest absolute Gasteiger partial charge is 0.0212 e. The molecule has 2 saturated carbocycles. The third-order valence-electron chi connectivity index (χ3n) is 2.61. The van der Waals surface area contributed by atoms with Gasteiger partial charge < -0.3 is 0 Å². The maximum absolute atomic E-state index is 5.19. The van der Waals surface area contributed by atoms with E-state index in [1.165, 1.54) is 29.7 Å². The first-order valence-corrected chi connectivity index (χ1v) is 3.93. The van der Waals surface area contributed by atoms with E-state index in [0.717, 1.165) is 11.8 Å². The summed E-state index contributed by atoms with van der Waals surface area (Å²) in [6.45, 7) is 3.98. The summed E-state index contributed by atoms with van der Waals surface area (Å²) in [6.07, 6.45) is 4.00. The van der Waals surface area contributed by atoms with Gasteiger partial charge in [0.2, 0.25) is 0 Å². The molecule has 0 amide bonds. The van der Waals surface area contributed by atoms with Gasteiger partial charge >= 0.3 is 0 Å². The molecule has 2 rings (SSSR count). The van der Waals surface area contributed by atoms with E-state index in [9.17, 15) is 0 Å². The van der Waals surface area contributed by atoms with E-state index in [4.69, 9.17) is 12.2 Å². The second-order valence-electron chi connectivity index (χ2n) is 3.10. The zero-order chi connectivity index (χ0) is 6.43. The van der Waals surface area contributed by atoms with E-state index < -0.39 is 0 Å². The largest absolute Gasteiger partial charge is 0.0944 e. The monoisotopic (exact) mass is 138 g/mol. The molecule has 9 heavy (non-hydrogen) atoms. The summed E-state index contributed by atoms with van der Waals surface area (Å²) in [4.78, 5) is 1.19. The Morgan fingerprint density at radius 3 is 2.33 bits per heavy atom. The van der Waals surface area contributed by atoms with E-state index >= 15 is 0 Å². The first kappa shape index (κ1) is 5.60. The van der Waals surface area contributed by atoms with Crippen LogP contribution in [0.4, 0.5) is 0 Å². The first-order chi connectivity index (χ1) is 4.29. The predicted octanol–water partition coefficient (Wildman–Crippen LogP) is 2.34. The molecule has 0 saturated heterocycles. The Balaban J connectivity index is 2.35. The summed E-state index contributed by atoms with van der Waals surface area (Å²) in [5, 5.41) is 0. The zero-order valence-corrected chi connectivity index (χ0v) is 6.21. The van der Waals surface area contributed by atoms with Crippen molar-refractivity contribution in [2.24, 2.45) is 11.8 Å². The van der Waals surface area contributed by atoms with Crippen LogP contribution >= 0.6 is 12.2 Å². The van der Waals surface area contributed by atoms with E-state index in [2.05, 4.69) is 6.58 Å².